The Balaban J connectivity index is 1.71. The lowest BCUT2D eigenvalue weighted by molar-refractivity contribution is 0.102. The van der Waals surface area contributed by atoms with Gasteiger partial charge in [-0.05, 0) is 38.1 Å². The third-order valence-corrected chi connectivity index (χ3v) is 5.81. The summed E-state index contributed by atoms with van der Waals surface area (Å²) in [4.78, 5) is 18.3. The number of anilines is 4. The second-order valence-corrected chi connectivity index (χ2v) is 8.47. The van der Waals surface area contributed by atoms with Crippen molar-refractivity contribution in [1.82, 2.24) is 14.6 Å². The second kappa shape index (κ2) is 9.24. The number of nitrogens with zero attached hydrogens (tertiary/aromatic N) is 4. The smallest absolute Gasteiger partial charge is 0.263 e. The van der Waals surface area contributed by atoms with Crippen LogP contribution in [0.25, 0.3) is 16.9 Å². The van der Waals surface area contributed by atoms with Gasteiger partial charge >= 0.3 is 0 Å². The molecule has 5 aromatic rings. The van der Waals surface area contributed by atoms with Gasteiger partial charge in [-0.1, -0.05) is 65.7 Å². The van der Waals surface area contributed by atoms with E-state index in [0.29, 0.717) is 11.4 Å². The van der Waals surface area contributed by atoms with Gasteiger partial charge in [0, 0.05) is 16.9 Å². The number of rotatable bonds is 5. The van der Waals surface area contributed by atoms with Crippen molar-refractivity contribution in [2.75, 3.05) is 16.4 Å². The topological polar surface area (TPSA) is 121 Å². The summed E-state index contributed by atoms with van der Waals surface area (Å²) in [5, 5.41) is 20.6. The number of nitrogen functional groups attached to an aromatic ring is 1. The Bertz CT molecular complexity index is 1610. The Kier molecular flexibility index (Phi) is 5.80. The van der Waals surface area contributed by atoms with Crippen LogP contribution in [0, 0.1) is 25.2 Å². The van der Waals surface area contributed by atoms with E-state index in [1.54, 1.807) is 0 Å². The van der Waals surface area contributed by atoms with Gasteiger partial charge in [0.25, 0.3) is 5.91 Å². The number of hydrogen-bond acceptors (Lipinski definition) is 6. The summed E-state index contributed by atoms with van der Waals surface area (Å²) in [5.41, 5.74) is 11.7. The third kappa shape index (κ3) is 4.21. The van der Waals surface area contributed by atoms with E-state index < -0.39 is 5.91 Å². The molecular weight excluding hydrogens is 450 g/mol. The molecule has 0 saturated heterocycles. The molecule has 5 rings (SSSR count). The average molecular weight is 474 g/mol. The number of fused-ring (bicyclic) bond motifs is 1. The molecule has 3 aromatic carbocycles. The highest BCUT2D eigenvalue weighted by atomic mass is 16.1. The van der Waals surface area contributed by atoms with E-state index in [4.69, 9.17) is 10.7 Å². The first-order valence-electron chi connectivity index (χ1n) is 11.3. The predicted molar refractivity (Wildman–Crippen MR) is 141 cm³/mol. The first kappa shape index (κ1) is 22.6. The molecule has 8 heteroatoms. The van der Waals surface area contributed by atoms with Crippen LogP contribution < -0.4 is 16.4 Å². The van der Waals surface area contributed by atoms with Gasteiger partial charge in [-0.15, -0.1) is 5.10 Å². The van der Waals surface area contributed by atoms with E-state index in [9.17, 15) is 10.1 Å². The number of aromatic nitrogens is 3. The lowest BCUT2D eigenvalue weighted by Crippen LogP contribution is -2.14. The van der Waals surface area contributed by atoms with Crippen molar-refractivity contribution in [3.63, 3.8) is 0 Å². The van der Waals surface area contributed by atoms with E-state index >= 15 is 0 Å². The second-order valence-electron chi connectivity index (χ2n) is 8.47. The molecule has 0 bridgehead atoms. The first-order chi connectivity index (χ1) is 17.4. The summed E-state index contributed by atoms with van der Waals surface area (Å²) >= 11 is 0. The highest BCUT2D eigenvalue weighted by Gasteiger charge is 2.26. The van der Waals surface area contributed by atoms with E-state index in [1.165, 1.54) is 4.52 Å². The van der Waals surface area contributed by atoms with Crippen molar-refractivity contribution in [1.29, 1.82) is 5.26 Å². The summed E-state index contributed by atoms with van der Waals surface area (Å²) in [6.07, 6.45) is 0. The maximum absolute atomic E-state index is 13.6. The number of carbonyl (C=O) groups excluding carboxylic acids is 1. The molecule has 0 fully saturated rings. The first-order valence-corrected chi connectivity index (χ1v) is 11.3. The fourth-order valence-corrected chi connectivity index (χ4v) is 3.89. The molecule has 0 spiro atoms. The molecule has 0 unspecified atom stereocenters. The molecule has 4 N–H and O–H groups in total. The molecule has 176 valence electrons. The Labute approximate surface area is 208 Å². The minimum Gasteiger partial charge on any atom is -0.382 e. The maximum Gasteiger partial charge on any atom is 0.263 e. The maximum atomic E-state index is 13.6. The zero-order chi connectivity index (χ0) is 25.2. The molecule has 0 aliphatic heterocycles. The zero-order valence-corrected chi connectivity index (χ0v) is 19.8. The molecule has 36 heavy (non-hydrogen) atoms. The van der Waals surface area contributed by atoms with Gasteiger partial charge < -0.3 is 16.4 Å². The molecule has 0 atom stereocenters. The van der Waals surface area contributed by atoms with Crippen molar-refractivity contribution in [3.05, 3.63) is 101 Å². The van der Waals surface area contributed by atoms with Crippen molar-refractivity contribution in [3.8, 4) is 17.3 Å². The summed E-state index contributed by atoms with van der Waals surface area (Å²) in [6.45, 7) is 3.96. The number of carbonyl (C=O) groups is 1. The van der Waals surface area contributed by atoms with Crippen molar-refractivity contribution in [2.24, 2.45) is 0 Å². The summed E-state index contributed by atoms with van der Waals surface area (Å²) in [6, 6.07) is 26.6. The van der Waals surface area contributed by atoms with Crippen LogP contribution in [0.5, 0.6) is 0 Å². The molecular formula is C28H23N7O. The molecule has 8 nitrogen and oxygen atoms in total. The van der Waals surface area contributed by atoms with Crippen molar-refractivity contribution < 1.29 is 4.79 Å². The van der Waals surface area contributed by atoms with Gasteiger partial charge in [0.15, 0.2) is 11.5 Å². The van der Waals surface area contributed by atoms with Crippen LogP contribution in [0.15, 0.2) is 78.9 Å². The molecule has 1 amide bonds. The number of nitrogens with two attached hydrogens (primary N) is 1. The monoisotopic (exact) mass is 473 g/mol. The van der Waals surface area contributed by atoms with Gasteiger partial charge in [-0.3, -0.25) is 4.79 Å². The quantitative estimate of drug-likeness (QED) is 0.311. The van der Waals surface area contributed by atoms with Crippen molar-refractivity contribution in [2.45, 2.75) is 13.8 Å². The van der Waals surface area contributed by atoms with Crippen LogP contribution in [-0.4, -0.2) is 20.5 Å². The Hall–Kier alpha value is -5.16. The summed E-state index contributed by atoms with van der Waals surface area (Å²) < 4.78 is 1.34. The van der Waals surface area contributed by atoms with Crippen LogP contribution in [0.1, 0.15) is 27.0 Å². The minimum absolute atomic E-state index is 0.101. The Morgan fingerprint density at radius 1 is 0.917 bits per heavy atom. The minimum atomic E-state index is -0.404. The molecule has 0 saturated carbocycles. The van der Waals surface area contributed by atoms with Gasteiger partial charge in [-0.2, -0.15) is 9.78 Å². The van der Waals surface area contributed by atoms with Crippen LogP contribution in [-0.2, 0) is 0 Å². The molecule has 0 radical (unpaired) electrons. The fourth-order valence-electron chi connectivity index (χ4n) is 3.89. The SMILES string of the molecule is Cc1ccc(NC(=O)c2c(Nc3ccccc3)nn3c(N)c(C#N)c(-c4ccc(C)cc4)nc23)cc1. The number of nitrogens with one attached hydrogen (secondary N) is 2. The van der Waals surface area contributed by atoms with E-state index in [1.807, 2.05) is 92.7 Å². The summed E-state index contributed by atoms with van der Waals surface area (Å²) in [5.74, 6) is -0.0303. The number of para-hydroxylation sites is 1. The Morgan fingerprint density at radius 2 is 1.56 bits per heavy atom. The van der Waals surface area contributed by atoms with Crippen LogP contribution in [0.4, 0.5) is 23.0 Å². The number of hydrogen-bond donors (Lipinski definition) is 3. The van der Waals surface area contributed by atoms with E-state index in [0.717, 1.165) is 22.4 Å². The normalized spacial score (nSPS) is 10.7. The van der Waals surface area contributed by atoms with Crippen LogP contribution in [0.3, 0.4) is 0 Å². The van der Waals surface area contributed by atoms with Gasteiger partial charge in [0.2, 0.25) is 0 Å². The highest BCUT2D eigenvalue weighted by molar-refractivity contribution is 6.12. The average Bonchev–Trinajstić information content (AvgIpc) is 3.24. The molecule has 2 aromatic heterocycles. The van der Waals surface area contributed by atoms with Gasteiger partial charge in [-0.25, -0.2) is 4.98 Å². The van der Waals surface area contributed by atoms with Crippen molar-refractivity contribution >= 4 is 34.6 Å². The largest absolute Gasteiger partial charge is 0.382 e. The lowest BCUT2D eigenvalue weighted by Gasteiger charge is -2.10. The van der Waals surface area contributed by atoms with Crippen LogP contribution >= 0.6 is 0 Å². The predicted octanol–water partition coefficient (Wildman–Crippen LogP) is 5.46. The molecule has 2 heterocycles. The van der Waals surface area contributed by atoms with E-state index in [2.05, 4.69) is 21.8 Å². The van der Waals surface area contributed by atoms with Gasteiger partial charge in [0.05, 0.1) is 5.69 Å². The number of benzene rings is 3. The molecule has 0 aliphatic carbocycles. The van der Waals surface area contributed by atoms with E-state index in [-0.39, 0.29) is 28.4 Å². The van der Waals surface area contributed by atoms with Gasteiger partial charge in [0.1, 0.15) is 23.0 Å². The number of amides is 1. The standard InChI is InChI=1S/C28H23N7O/c1-17-8-12-19(13-9-17)24-22(16-29)25(30)35-27(33-24)23(26(34-35)31-20-6-4-3-5-7-20)28(36)32-21-14-10-18(2)11-15-21/h3-15H,30H2,1-2H3,(H,31,34)(H,32,36). The fraction of sp³-hybridized carbons (Fsp3) is 0.0714. The number of aryl methyl sites for hydroxylation is 2. The van der Waals surface area contributed by atoms with Crippen LogP contribution in [0.2, 0.25) is 0 Å². The summed E-state index contributed by atoms with van der Waals surface area (Å²) in [7, 11) is 0. The number of nitriles is 1. The highest BCUT2D eigenvalue weighted by Crippen LogP contribution is 2.32. The zero-order valence-electron chi connectivity index (χ0n) is 19.8. The Morgan fingerprint density at radius 3 is 2.19 bits per heavy atom. The third-order valence-electron chi connectivity index (χ3n) is 5.81. The lowest BCUT2D eigenvalue weighted by atomic mass is 10.1. The molecule has 0 aliphatic rings.